The average Bonchev–Trinajstić information content (AvgIpc) is 3.28. The first-order chi connectivity index (χ1) is 14.7. The van der Waals surface area contributed by atoms with Gasteiger partial charge >= 0.3 is 0 Å². The maximum absolute atomic E-state index is 13.0. The topological polar surface area (TPSA) is 48.1 Å². The third-order valence-corrected chi connectivity index (χ3v) is 6.87. The van der Waals surface area contributed by atoms with E-state index >= 15 is 0 Å². The molecule has 0 bridgehead atoms. The summed E-state index contributed by atoms with van der Waals surface area (Å²) in [5.41, 5.74) is 1.33. The number of benzene rings is 1. The van der Waals surface area contributed by atoms with Crippen LogP contribution in [0, 0.1) is 11.8 Å². The summed E-state index contributed by atoms with van der Waals surface area (Å²) in [6, 6.07) is 10.7. The molecule has 3 heterocycles. The van der Waals surface area contributed by atoms with E-state index in [1.165, 1.54) is 5.56 Å². The molecule has 0 spiro atoms. The molecule has 0 radical (unpaired) electrons. The van der Waals surface area contributed by atoms with Crippen LogP contribution in [-0.2, 0) is 16.1 Å². The fourth-order valence-electron chi connectivity index (χ4n) is 5.16. The Labute approximate surface area is 181 Å². The number of nitrogens with one attached hydrogen (secondary N) is 1. The third-order valence-electron chi connectivity index (χ3n) is 6.87. The summed E-state index contributed by atoms with van der Waals surface area (Å²) in [5.74, 6) is 0.831. The van der Waals surface area contributed by atoms with Crippen LogP contribution >= 0.6 is 0 Å². The van der Waals surface area contributed by atoms with Crippen molar-refractivity contribution < 1.29 is 9.53 Å². The summed E-state index contributed by atoms with van der Waals surface area (Å²) in [5, 5.41) is 3.20. The molecule has 1 N–H and O–H groups in total. The maximum Gasteiger partial charge on any atom is 0.224 e. The molecule has 6 heteroatoms. The molecule has 3 fully saturated rings. The number of piperazine rings is 1. The standard InChI is InChI=1S/C24H38N4O2/c1-26-9-11-27(12-10-26)17-21-14-22(24(29)25-15-23-8-5-13-30-23)19-28(18-21)16-20-6-3-2-4-7-20/h2-4,6-7,21-23H,5,8-19H2,1H3,(H,25,29)/t21-,22-,23?/m1/s1. The normalized spacial score (nSPS) is 29.2. The number of piperidine rings is 1. The van der Waals surface area contributed by atoms with Gasteiger partial charge in [-0.05, 0) is 37.8 Å². The molecule has 0 saturated carbocycles. The Balaban J connectivity index is 1.36. The van der Waals surface area contributed by atoms with E-state index in [4.69, 9.17) is 4.74 Å². The lowest BCUT2D eigenvalue weighted by molar-refractivity contribution is -0.128. The van der Waals surface area contributed by atoms with Crippen molar-refractivity contribution >= 4 is 5.91 Å². The van der Waals surface area contributed by atoms with Crippen molar-refractivity contribution in [1.82, 2.24) is 20.0 Å². The maximum atomic E-state index is 13.0. The third kappa shape index (κ3) is 6.27. The highest BCUT2D eigenvalue weighted by atomic mass is 16.5. The Morgan fingerprint density at radius 2 is 1.90 bits per heavy atom. The molecule has 30 heavy (non-hydrogen) atoms. The van der Waals surface area contributed by atoms with Crippen LogP contribution in [0.5, 0.6) is 0 Å². The number of likely N-dealkylation sites (tertiary alicyclic amines) is 1. The largest absolute Gasteiger partial charge is 0.376 e. The molecule has 166 valence electrons. The Morgan fingerprint density at radius 1 is 1.10 bits per heavy atom. The molecule has 1 unspecified atom stereocenters. The number of nitrogens with zero attached hydrogens (tertiary/aromatic N) is 3. The molecule has 6 nitrogen and oxygen atoms in total. The molecule has 3 aliphatic rings. The van der Waals surface area contributed by atoms with Crippen molar-refractivity contribution in [3.63, 3.8) is 0 Å². The van der Waals surface area contributed by atoms with E-state index in [0.29, 0.717) is 12.5 Å². The Morgan fingerprint density at radius 3 is 2.63 bits per heavy atom. The van der Waals surface area contributed by atoms with Crippen LogP contribution in [0.3, 0.4) is 0 Å². The highest BCUT2D eigenvalue weighted by Gasteiger charge is 2.33. The van der Waals surface area contributed by atoms with E-state index in [1.54, 1.807) is 0 Å². The molecule has 0 aliphatic carbocycles. The second kappa shape index (κ2) is 10.7. The van der Waals surface area contributed by atoms with E-state index in [0.717, 1.165) is 78.2 Å². The van der Waals surface area contributed by atoms with Crippen molar-refractivity contribution in [2.75, 3.05) is 66.0 Å². The van der Waals surface area contributed by atoms with Crippen molar-refractivity contribution in [3.8, 4) is 0 Å². The van der Waals surface area contributed by atoms with Crippen LogP contribution in [0.4, 0.5) is 0 Å². The molecule has 3 atom stereocenters. The summed E-state index contributed by atoms with van der Waals surface area (Å²) in [6.07, 6.45) is 3.38. The lowest BCUT2D eigenvalue weighted by atomic mass is 9.87. The molecule has 4 rings (SSSR count). The predicted octanol–water partition coefficient (Wildman–Crippen LogP) is 1.67. The number of ether oxygens (including phenoxy) is 1. The first-order valence-electron chi connectivity index (χ1n) is 11.7. The van der Waals surface area contributed by atoms with Gasteiger partial charge < -0.3 is 19.9 Å². The Bertz CT molecular complexity index is 656. The van der Waals surface area contributed by atoms with Crippen LogP contribution in [0.2, 0.25) is 0 Å². The van der Waals surface area contributed by atoms with Crippen LogP contribution in [-0.4, -0.2) is 92.7 Å². The number of carbonyl (C=O) groups is 1. The first kappa shape index (κ1) is 21.8. The number of amides is 1. The zero-order valence-electron chi connectivity index (χ0n) is 18.5. The van der Waals surface area contributed by atoms with Crippen molar-refractivity contribution in [1.29, 1.82) is 0 Å². The van der Waals surface area contributed by atoms with Crippen LogP contribution in [0.15, 0.2) is 30.3 Å². The van der Waals surface area contributed by atoms with Gasteiger partial charge in [0.05, 0.1) is 12.0 Å². The van der Waals surface area contributed by atoms with Crippen LogP contribution < -0.4 is 5.32 Å². The predicted molar refractivity (Wildman–Crippen MR) is 119 cm³/mol. The summed E-state index contributed by atoms with van der Waals surface area (Å²) in [7, 11) is 2.20. The highest BCUT2D eigenvalue weighted by molar-refractivity contribution is 5.79. The molecular formula is C24H38N4O2. The lowest BCUT2D eigenvalue weighted by Gasteiger charge is -2.41. The van der Waals surface area contributed by atoms with E-state index in [-0.39, 0.29) is 17.9 Å². The van der Waals surface area contributed by atoms with Gasteiger partial charge in [-0.25, -0.2) is 0 Å². The lowest BCUT2D eigenvalue weighted by Crippen LogP contribution is -2.51. The van der Waals surface area contributed by atoms with Crippen molar-refractivity contribution in [2.24, 2.45) is 11.8 Å². The van der Waals surface area contributed by atoms with E-state index in [9.17, 15) is 4.79 Å². The molecule has 0 aromatic heterocycles. The van der Waals surface area contributed by atoms with Crippen molar-refractivity contribution in [3.05, 3.63) is 35.9 Å². The first-order valence-corrected chi connectivity index (χ1v) is 11.7. The van der Waals surface area contributed by atoms with Gasteiger partial charge in [-0.3, -0.25) is 9.69 Å². The SMILES string of the molecule is CN1CCN(C[C@H]2C[C@@H](C(=O)NCC3CCCO3)CN(Cc3ccccc3)C2)CC1. The summed E-state index contributed by atoms with van der Waals surface area (Å²) in [6.45, 7) is 10.0. The Kier molecular flexibility index (Phi) is 7.77. The summed E-state index contributed by atoms with van der Waals surface area (Å²) >= 11 is 0. The van der Waals surface area contributed by atoms with E-state index in [1.807, 2.05) is 0 Å². The molecule has 1 amide bonds. The van der Waals surface area contributed by atoms with Gasteiger partial charge in [-0.1, -0.05) is 30.3 Å². The highest BCUT2D eigenvalue weighted by Crippen LogP contribution is 2.25. The minimum absolute atomic E-state index is 0.0707. The minimum atomic E-state index is 0.0707. The van der Waals surface area contributed by atoms with Gasteiger partial charge in [-0.2, -0.15) is 0 Å². The smallest absolute Gasteiger partial charge is 0.224 e. The van der Waals surface area contributed by atoms with Gasteiger partial charge in [0, 0.05) is 65.5 Å². The van der Waals surface area contributed by atoms with E-state index in [2.05, 4.69) is 57.4 Å². The Hall–Kier alpha value is -1.47. The monoisotopic (exact) mass is 414 g/mol. The van der Waals surface area contributed by atoms with Gasteiger partial charge in [0.2, 0.25) is 5.91 Å². The van der Waals surface area contributed by atoms with E-state index < -0.39 is 0 Å². The fourth-order valence-corrected chi connectivity index (χ4v) is 5.16. The number of hydrogen-bond donors (Lipinski definition) is 1. The fraction of sp³-hybridized carbons (Fsp3) is 0.708. The number of likely N-dealkylation sites (N-methyl/N-ethyl adjacent to an activating group) is 1. The molecule has 1 aromatic rings. The van der Waals surface area contributed by atoms with Crippen molar-refractivity contribution in [2.45, 2.75) is 31.9 Å². The number of rotatable bonds is 7. The zero-order valence-corrected chi connectivity index (χ0v) is 18.5. The molecule has 1 aromatic carbocycles. The zero-order chi connectivity index (χ0) is 20.8. The summed E-state index contributed by atoms with van der Waals surface area (Å²) in [4.78, 5) is 20.5. The second-order valence-corrected chi connectivity index (χ2v) is 9.46. The van der Waals surface area contributed by atoms with Crippen LogP contribution in [0.25, 0.3) is 0 Å². The van der Waals surface area contributed by atoms with Gasteiger partial charge in [0.25, 0.3) is 0 Å². The molecular weight excluding hydrogens is 376 g/mol. The molecule has 3 aliphatic heterocycles. The minimum Gasteiger partial charge on any atom is -0.376 e. The quantitative estimate of drug-likeness (QED) is 0.736. The number of hydrogen-bond acceptors (Lipinski definition) is 5. The molecule has 3 saturated heterocycles. The van der Waals surface area contributed by atoms with Gasteiger partial charge in [0.1, 0.15) is 0 Å². The number of carbonyl (C=O) groups excluding carboxylic acids is 1. The van der Waals surface area contributed by atoms with Gasteiger partial charge in [-0.15, -0.1) is 0 Å². The van der Waals surface area contributed by atoms with Gasteiger partial charge in [0.15, 0.2) is 0 Å². The average molecular weight is 415 g/mol. The second-order valence-electron chi connectivity index (χ2n) is 9.46. The summed E-state index contributed by atoms with van der Waals surface area (Å²) < 4.78 is 5.69. The van der Waals surface area contributed by atoms with Crippen LogP contribution in [0.1, 0.15) is 24.8 Å².